The van der Waals surface area contributed by atoms with Crippen LogP contribution in [0.2, 0.25) is 0 Å². The normalized spacial score (nSPS) is 10.4. The van der Waals surface area contributed by atoms with E-state index in [9.17, 15) is 5.26 Å². The Balaban J connectivity index is 1.85. The van der Waals surface area contributed by atoms with E-state index < -0.39 is 0 Å². The Labute approximate surface area is 151 Å². The first kappa shape index (κ1) is 15.7. The van der Waals surface area contributed by atoms with Crippen molar-refractivity contribution >= 4 is 16.7 Å². The number of nitriles is 1. The molecule has 0 aliphatic carbocycles. The molecule has 0 aliphatic heterocycles. The molecule has 2 aromatic heterocycles. The van der Waals surface area contributed by atoms with Crippen molar-refractivity contribution in [2.24, 2.45) is 0 Å². The number of hydrogen-bond acceptors (Lipinski definition) is 5. The Morgan fingerprint density at radius 3 is 2.50 bits per heavy atom. The summed E-state index contributed by atoms with van der Waals surface area (Å²) in [5.41, 5.74) is 3.74. The third-order valence-electron chi connectivity index (χ3n) is 4.07. The minimum Gasteiger partial charge on any atom is -0.364 e. The molecule has 1 N–H and O–H groups in total. The molecule has 0 aliphatic rings. The number of pyridine rings is 1. The highest BCUT2D eigenvalue weighted by molar-refractivity contribution is 6.01. The summed E-state index contributed by atoms with van der Waals surface area (Å²) in [7, 11) is 0. The maximum Gasteiger partial charge on any atom is 0.234 e. The molecule has 0 spiro atoms. The van der Waals surface area contributed by atoms with Crippen molar-refractivity contribution in [3.63, 3.8) is 0 Å². The average Bonchev–Trinajstić information content (AvgIpc) is 2.72. The lowest BCUT2D eigenvalue weighted by atomic mass is 10.0. The van der Waals surface area contributed by atoms with E-state index in [1.165, 1.54) is 0 Å². The fourth-order valence-corrected chi connectivity index (χ4v) is 2.90. The summed E-state index contributed by atoms with van der Waals surface area (Å²) >= 11 is 0. The number of nitrogens with one attached hydrogen (secondary N) is 1. The van der Waals surface area contributed by atoms with Gasteiger partial charge in [-0.15, -0.1) is 0 Å². The number of nitrogens with zero attached hydrogens (tertiary/aromatic N) is 4. The van der Waals surface area contributed by atoms with Crippen molar-refractivity contribution < 1.29 is 0 Å². The Hall–Kier alpha value is -3.78. The maximum atomic E-state index is 9.28. The van der Waals surface area contributed by atoms with E-state index in [4.69, 9.17) is 0 Å². The molecule has 0 saturated carbocycles. The summed E-state index contributed by atoms with van der Waals surface area (Å²) in [4.78, 5) is 13.1. The third-order valence-corrected chi connectivity index (χ3v) is 4.07. The molecule has 4 aromatic rings. The predicted molar refractivity (Wildman–Crippen MR) is 101 cm³/mol. The number of benzene rings is 2. The van der Waals surface area contributed by atoms with Gasteiger partial charge < -0.3 is 5.32 Å². The van der Waals surface area contributed by atoms with Crippen LogP contribution in [0.5, 0.6) is 0 Å². The topological polar surface area (TPSA) is 74.5 Å². The van der Waals surface area contributed by atoms with Crippen LogP contribution >= 0.6 is 0 Å². The van der Waals surface area contributed by atoms with Gasteiger partial charge in [0.15, 0.2) is 0 Å². The molecule has 0 amide bonds. The van der Waals surface area contributed by atoms with Gasteiger partial charge in [0.25, 0.3) is 0 Å². The molecular formula is C21H15N5. The highest BCUT2D eigenvalue weighted by Crippen LogP contribution is 2.32. The van der Waals surface area contributed by atoms with E-state index >= 15 is 0 Å². The van der Waals surface area contributed by atoms with Gasteiger partial charge >= 0.3 is 0 Å². The van der Waals surface area contributed by atoms with Crippen LogP contribution in [-0.2, 0) is 6.54 Å². The lowest BCUT2D eigenvalue weighted by molar-refractivity contribution is 1.02. The number of hydrogen-bond donors (Lipinski definition) is 1. The van der Waals surface area contributed by atoms with E-state index in [0.717, 1.165) is 27.7 Å². The SMILES string of the molecule is N#Cc1nc(NCc2ccccn2)c2c(-c3ccccc3)cccc2n1. The largest absolute Gasteiger partial charge is 0.364 e. The van der Waals surface area contributed by atoms with Crippen molar-refractivity contribution in [2.75, 3.05) is 5.32 Å². The highest BCUT2D eigenvalue weighted by atomic mass is 15.0. The Morgan fingerprint density at radius 2 is 1.73 bits per heavy atom. The fraction of sp³-hybridized carbons (Fsp3) is 0.0476. The van der Waals surface area contributed by atoms with Crippen molar-refractivity contribution in [2.45, 2.75) is 6.54 Å². The molecule has 124 valence electrons. The summed E-state index contributed by atoms with van der Waals surface area (Å²) in [6, 6.07) is 23.8. The molecule has 26 heavy (non-hydrogen) atoms. The zero-order chi connectivity index (χ0) is 17.8. The summed E-state index contributed by atoms with van der Waals surface area (Å²) in [6.45, 7) is 0.515. The van der Waals surface area contributed by atoms with Crippen LogP contribution < -0.4 is 5.32 Å². The van der Waals surface area contributed by atoms with Crippen LogP contribution in [0.3, 0.4) is 0 Å². The first-order valence-corrected chi connectivity index (χ1v) is 8.25. The van der Waals surface area contributed by atoms with Gasteiger partial charge in [0.1, 0.15) is 11.9 Å². The van der Waals surface area contributed by atoms with Crippen molar-refractivity contribution in [1.29, 1.82) is 5.26 Å². The van der Waals surface area contributed by atoms with Crippen LogP contribution in [0.15, 0.2) is 72.9 Å². The smallest absolute Gasteiger partial charge is 0.234 e. The van der Waals surface area contributed by atoms with Gasteiger partial charge in [-0.3, -0.25) is 4.98 Å². The average molecular weight is 337 g/mol. The van der Waals surface area contributed by atoms with Gasteiger partial charge in [0.2, 0.25) is 5.82 Å². The minimum atomic E-state index is 0.145. The van der Waals surface area contributed by atoms with Crippen LogP contribution in [0, 0.1) is 11.3 Å². The fourth-order valence-electron chi connectivity index (χ4n) is 2.90. The molecule has 2 heterocycles. The van der Waals surface area contributed by atoms with Crippen LogP contribution in [-0.4, -0.2) is 15.0 Å². The van der Waals surface area contributed by atoms with Gasteiger partial charge in [-0.05, 0) is 29.3 Å². The van der Waals surface area contributed by atoms with Gasteiger partial charge in [0.05, 0.1) is 23.1 Å². The second kappa shape index (κ2) is 6.99. The minimum absolute atomic E-state index is 0.145. The van der Waals surface area contributed by atoms with Crippen molar-refractivity contribution in [3.05, 3.63) is 84.4 Å². The second-order valence-corrected chi connectivity index (χ2v) is 5.75. The first-order valence-electron chi connectivity index (χ1n) is 8.25. The Morgan fingerprint density at radius 1 is 0.885 bits per heavy atom. The molecule has 2 aromatic carbocycles. The molecule has 5 nitrogen and oxygen atoms in total. The molecule has 0 saturated heterocycles. The molecule has 0 atom stereocenters. The maximum absolute atomic E-state index is 9.28. The quantitative estimate of drug-likeness (QED) is 0.605. The molecule has 4 rings (SSSR count). The second-order valence-electron chi connectivity index (χ2n) is 5.75. The Kier molecular flexibility index (Phi) is 4.23. The van der Waals surface area contributed by atoms with Gasteiger partial charge in [0, 0.05) is 6.20 Å². The summed E-state index contributed by atoms with van der Waals surface area (Å²) in [5, 5.41) is 13.5. The highest BCUT2D eigenvalue weighted by Gasteiger charge is 2.13. The summed E-state index contributed by atoms with van der Waals surface area (Å²) in [6.07, 6.45) is 1.76. The van der Waals surface area contributed by atoms with Crippen LogP contribution in [0.4, 0.5) is 5.82 Å². The molecule has 0 fully saturated rings. The molecule has 0 unspecified atom stereocenters. The van der Waals surface area contributed by atoms with E-state index in [1.807, 2.05) is 60.7 Å². The standard InChI is InChI=1S/C21H15N5/c22-13-19-25-18-11-6-10-17(15-7-2-1-3-8-15)20(18)21(26-19)24-14-16-9-4-5-12-23-16/h1-12H,14H2,(H,24,25,26). The van der Waals surface area contributed by atoms with Crippen LogP contribution in [0.1, 0.15) is 11.5 Å². The number of rotatable bonds is 4. The molecule has 5 heteroatoms. The predicted octanol–water partition coefficient (Wildman–Crippen LogP) is 4.18. The van der Waals surface area contributed by atoms with E-state index in [1.54, 1.807) is 6.20 Å². The molecule has 0 radical (unpaired) electrons. The van der Waals surface area contributed by atoms with E-state index in [-0.39, 0.29) is 5.82 Å². The lowest BCUT2D eigenvalue weighted by Crippen LogP contribution is -2.06. The molecule has 0 bridgehead atoms. The third kappa shape index (κ3) is 3.08. The molecular weight excluding hydrogens is 322 g/mol. The number of fused-ring (bicyclic) bond motifs is 1. The van der Waals surface area contributed by atoms with Crippen molar-refractivity contribution in [1.82, 2.24) is 15.0 Å². The zero-order valence-electron chi connectivity index (χ0n) is 13.9. The van der Waals surface area contributed by atoms with Gasteiger partial charge in [-0.2, -0.15) is 5.26 Å². The first-order chi connectivity index (χ1) is 12.8. The number of aromatic nitrogens is 3. The van der Waals surface area contributed by atoms with E-state index in [2.05, 4.69) is 32.4 Å². The van der Waals surface area contributed by atoms with E-state index in [0.29, 0.717) is 12.4 Å². The zero-order valence-corrected chi connectivity index (χ0v) is 13.9. The number of anilines is 1. The van der Waals surface area contributed by atoms with Gasteiger partial charge in [-0.1, -0.05) is 48.5 Å². The lowest BCUT2D eigenvalue weighted by Gasteiger charge is -2.12. The summed E-state index contributed by atoms with van der Waals surface area (Å²) < 4.78 is 0. The van der Waals surface area contributed by atoms with Gasteiger partial charge in [-0.25, -0.2) is 9.97 Å². The van der Waals surface area contributed by atoms with Crippen molar-refractivity contribution in [3.8, 4) is 17.2 Å². The monoisotopic (exact) mass is 337 g/mol. The Bertz CT molecular complexity index is 1090. The van der Waals surface area contributed by atoms with Crippen LogP contribution in [0.25, 0.3) is 22.0 Å². The summed E-state index contributed by atoms with van der Waals surface area (Å²) in [5.74, 6) is 0.780.